The molecule has 6 nitrogen and oxygen atoms in total. The maximum absolute atomic E-state index is 11.2. The van der Waals surface area contributed by atoms with E-state index in [-0.39, 0.29) is 13.2 Å². The topological polar surface area (TPSA) is 74.2 Å². The summed E-state index contributed by atoms with van der Waals surface area (Å²) in [5.41, 5.74) is 0. The monoisotopic (exact) mass is 250 g/mol. The summed E-state index contributed by atoms with van der Waals surface area (Å²) in [7, 11) is 0. The minimum atomic E-state index is -1.19. The van der Waals surface area contributed by atoms with Crippen molar-refractivity contribution in [1.82, 2.24) is 0 Å². The summed E-state index contributed by atoms with van der Waals surface area (Å²) in [4.78, 5) is 21.0. The zero-order valence-electron chi connectivity index (χ0n) is 10.7. The molecule has 0 aliphatic carbocycles. The third-order valence-electron chi connectivity index (χ3n) is 1.69. The maximum Gasteiger partial charge on any atom is 0.510 e. The number of carbonyl (C=O) groups excluding carboxylic acids is 1. The highest BCUT2D eigenvalue weighted by Crippen LogP contribution is 2.13. The third-order valence-corrected chi connectivity index (χ3v) is 1.69. The van der Waals surface area contributed by atoms with Gasteiger partial charge in [-0.3, -0.25) is 0 Å². The van der Waals surface area contributed by atoms with Crippen molar-refractivity contribution >= 4 is 6.16 Å². The van der Waals surface area contributed by atoms with Crippen LogP contribution >= 0.6 is 0 Å². The van der Waals surface area contributed by atoms with Crippen molar-refractivity contribution < 1.29 is 29.1 Å². The van der Waals surface area contributed by atoms with Crippen LogP contribution in [-0.2, 0) is 19.2 Å². The Balaban J connectivity index is 3.70. The van der Waals surface area contributed by atoms with Crippen LogP contribution in [0.5, 0.6) is 0 Å². The minimum Gasteiger partial charge on any atom is -0.434 e. The zero-order chi connectivity index (χ0) is 13.1. The smallest absolute Gasteiger partial charge is 0.434 e. The highest BCUT2D eigenvalue weighted by Gasteiger charge is 2.26. The standard InChI is InChI=1S/C11H22O6/c1-4-5-9-15-17-11(2,3)16-10(13)14-8-6-7-12/h12H,4-9H2,1-3H3. The Morgan fingerprint density at radius 3 is 2.53 bits per heavy atom. The molecule has 17 heavy (non-hydrogen) atoms. The molecule has 1 N–H and O–H groups in total. The molecule has 102 valence electrons. The van der Waals surface area contributed by atoms with Gasteiger partial charge in [0.1, 0.15) is 0 Å². The van der Waals surface area contributed by atoms with Crippen molar-refractivity contribution in [2.75, 3.05) is 19.8 Å². The van der Waals surface area contributed by atoms with E-state index < -0.39 is 11.9 Å². The molecule has 0 amide bonds. The van der Waals surface area contributed by atoms with E-state index in [0.29, 0.717) is 13.0 Å². The molecule has 0 bridgehead atoms. The summed E-state index contributed by atoms with van der Waals surface area (Å²) >= 11 is 0. The van der Waals surface area contributed by atoms with Crippen LogP contribution in [0.15, 0.2) is 0 Å². The predicted molar refractivity (Wildman–Crippen MR) is 60.2 cm³/mol. The molecule has 0 spiro atoms. The van der Waals surface area contributed by atoms with Crippen LogP contribution in [-0.4, -0.2) is 36.9 Å². The van der Waals surface area contributed by atoms with Gasteiger partial charge in [-0.2, -0.15) is 4.89 Å². The molecule has 0 aromatic carbocycles. The van der Waals surface area contributed by atoms with Crippen molar-refractivity contribution in [3.63, 3.8) is 0 Å². The Morgan fingerprint density at radius 2 is 1.94 bits per heavy atom. The highest BCUT2D eigenvalue weighted by molar-refractivity contribution is 5.60. The van der Waals surface area contributed by atoms with Crippen LogP contribution in [0.4, 0.5) is 4.79 Å². The average molecular weight is 250 g/mol. The van der Waals surface area contributed by atoms with Crippen molar-refractivity contribution in [2.24, 2.45) is 0 Å². The summed E-state index contributed by atoms with van der Waals surface area (Å²) in [6.45, 7) is 5.65. The van der Waals surface area contributed by atoms with Gasteiger partial charge in [0.2, 0.25) is 5.79 Å². The van der Waals surface area contributed by atoms with Crippen molar-refractivity contribution in [3.05, 3.63) is 0 Å². The molecule has 0 saturated heterocycles. The molecule has 0 aliphatic rings. The third kappa shape index (κ3) is 10.0. The lowest BCUT2D eigenvalue weighted by Crippen LogP contribution is -2.32. The van der Waals surface area contributed by atoms with E-state index in [1.165, 1.54) is 0 Å². The van der Waals surface area contributed by atoms with Crippen molar-refractivity contribution in [2.45, 2.75) is 45.8 Å². The minimum absolute atomic E-state index is 0.0344. The number of hydrogen-bond donors (Lipinski definition) is 1. The number of rotatable bonds is 9. The van der Waals surface area contributed by atoms with Gasteiger partial charge in [0.15, 0.2) is 0 Å². The zero-order valence-corrected chi connectivity index (χ0v) is 10.7. The number of aliphatic hydroxyl groups is 1. The van der Waals surface area contributed by atoms with Gasteiger partial charge in [0.25, 0.3) is 0 Å². The van der Waals surface area contributed by atoms with Crippen LogP contribution in [0.25, 0.3) is 0 Å². The van der Waals surface area contributed by atoms with Crippen LogP contribution in [0.1, 0.15) is 40.0 Å². The molecular weight excluding hydrogens is 228 g/mol. The molecule has 0 atom stereocenters. The fourth-order valence-corrected chi connectivity index (χ4v) is 0.854. The molecule has 0 aromatic rings. The summed E-state index contributed by atoms with van der Waals surface area (Å²) in [6, 6.07) is 0. The number of hydrogen-bond acceptors (Lipinski definition) is 6. The fraction of sp³-hybridized carbons (Fsp3) is 0.909. The lowest BCUT2D eigenvalue weighted by molar-refractivity contribution is -0.407. The van der Waals surface area contributed by atoms with Crippen molar-refractivity contribution in [1.29, 1.82) is 0 Å². The largest absolute Gasteiger partial charge is 0.510 e. The van der Waals surface area contributed by atoms with Crippen LogP contribution in [0.2, 0.25) is 0 Å². The van der Waals surface area contributed by atoms with Gasteiger partial charge >= 0.3 is 6.16 Å². The summed E-state index contributed by atoms with van der Waals surface area (Å²) in [6.07, 6.45) is 1.40. The Hall–Kier alpha value is -0.850. The van der Waals surface area contributed by atoms with E-state index in [2.05, 4.69) is 4.74 Å². The molecule has 0 rings (SSSR count). The van der Waals surface area contributed by atoms with E-state index >= 15 is 0 Å². The molecule has 0 fully saturated rings. The number of ether oxygens (including phenoxy) is 2. The molecule has 0 aliphatic heterocycles. The predicted octanol–water partition coefficient (Wildman–Crippen LogP) is 2.01. The number of carbonyl (C=O) groups is 1. The number of aliphatic hydroxyl groups excluding tert-OH is 1. The fourth-order valence-electron chi connectivity index (χ4n) is 0.854. The average Bonchev–Trinajstić information content (AvgIpc) is 2.24. The van der Waals surface area contributed by atoms with Crippen LogP contribution in [0.3, 0.4) is 0 Å². The first-order valence-electron chi connectivity index (χ1n) is 5.79. The molecular formula is C11H22O6. The van der Waals surface area contributed by atoms with E-state index in [9.17, 15) is 4.79 Å². The summed E-state index contributed by atoms with van der Waals surface area (Å²) in [5.74, 6) is -1.19. The van der Waals surface area contributed by atoms with E-state index in [1.807, 2.05) is 6.92 Å². The lowest BCUT2D eigenvalue weighted by atomic mass is 10.4. The molecule has 0 radical (unpaired) electrons. The van der Waals surface area contributed by atoms with Gasteiger partial charge in [0, 0.05) is 26.9 Å². The molecule has 6 heteroatoms. The molecule has 0 unspecified atom stereocenters. The van der Waals surface area contributed by atoms with Gasteiger partial charge < -0.3 is 14.6 Å². The second kappa shape index (κ2) is 9.21. The first-order chi connectivity index (χ1) is 8.02. The summed E-state index contributed by atoms with van der Waals surface area (Å²) < 4.78 is 9.56. The van der Waals surface area contributed by atoms with Gasteiger partial charge in [-0.05, 0) is 6.42 Å². The van der Waals surface area contributed by atoms with Crippen LogP contribution < -0.4 is 0 Å². The first kappa shape index (κ1) is 16.1. The molecule has 0 saturated carbocycles. The van der Waals surface area contributed by atoms with Gasteiger partial charge in [-0.1, -0.05) is 13.3 Å². The van der Waals surface area contributed by atoms with Gasteiger partial charge in [0.05, 0.1) is 13.2 Å². The Kier molecular flexibility index (Phi) is 8.75. The number of unbranched alkanes of at least 4 members (excludes halogenated alkanes) is 1. The Labute approximate surface area is 102 Å². The Morgan fingerprint density at radius 1 is 1.24 bits per heavy atom. The second-order valence-electron chi connectivity index (χ2n) is 3.94. The van der Waals surface area contributed by atoms with Gasteiger partial charge in [-0.25, -0.2) is 9.68 Å². The highest BCUT2D eigenvalue weighted by atomic mass is 17.2. The molecule has 0 aromatic heterocycles. The van der Waals surface area contributed by atoms with E-state index in [4.69, 9.17) is 19.6 Å². The SMILES string of the molecule is CCCCOOC(C)(C)OC(=O)OCCCO. The summed E-state index contributed by atoms with van der Waals surface area (Å²) in [5, 5.41) is 8.50. The van der Waals surface area contributed by atoms with Crippen molar-refractivity contribution in [3.8, 4) is 0 Å². The molecule has 0 heterocycles. The van der Waals surface area contributed by atoms with Gasteiger partial charge in [-0.15, -0.1) is 0 Å². The van der Waals surface area contributed by atoms with Crippen LogP contribution in [0, 0.1) is 0 Å². The normalized spacial score (nSPS) is 11.3. The maximum atomic E-state index is 11.2. The second-order valence-corrected chi connectivity index (χ2v) is 3.94. The van der Waals surface area contributed by atoms with E-state index in [0.717, 1.165) is 12.8 Å². The van der Waals surface area contributed by atoms with E-state index in [1.54, 1.807) is 13.8 Å². The first-order valence-corrected chi connectivity index (χ1v) is 5.79. The Bertz CT molecular complexity index is 204. The quantitative estimate of drug-likeness (QED) is 0.222. The lowest BCUT2D eigenvalue weighted by Gasteiger charge is -2.22.